The number of para-hydroxylation sites is 1. The maximum Gasteiger partial charge on any atom is 0.238 e. The first kappa shape index (κ1) is 13.8. The lowest BCUT2D eigenvalue weighted by molar-refractivity contribution is -0.114. The third-order valence-corrected chi connectivity index (χ3v) is 2.26. The van der Waals surface area contributed by atoms with Gasteiger partial charge in [0.05, 0.1) is 23.9 Å². The molecule has 0 fully saturated rings. The summed E-state index contributed by atoms with van der Waals surface area (Å²) < 4.78 is 10.3. The first-order valence-corrected chi connectivity index (χ1v) is 5.47. The maximum absolute atomic E-state index is 11.2. The lowest BCUT2D eigenvalue weighted by Crippen LogP contribution is -2.22. The van der Waals surface area contributed by atoms with Crippen LogP contribution in [0.4, 0.5) is 5.69 Å². The highest BCUT2D eigenvalue weighted by atomic mass is 35.5. The van der Waals surface area contributed by atoms with E-state index in [0.717, 1.165) is 0 Å². The van der Waals surface area contributed by atoms with E-state index in [1.165, 1.54) is 0 Å². The van der Waals surface area contributed by atoms with E-state index in [-0.39, 0.29) is 12.5 Å². The van der Waals surface area contributed by atoms with Crippen LogP contribution in [0.3, 0.4) is 0 Å². The molecule has 6 heteroatoms. The molecule has 1 aromatic rings. The maximum atomic E-state index is 11.2. The van der Waals surface area contributed by atoms with E-state index in [0.29, 0.717) is 29.7 Å². The SMILES string of the molecule is COCCOc1c(Cl)cccc1NC(=O)CN. The summed E-state index contributed by atoms with van der Waals surface area (Å²) >= 11 is 5.99. The summed E-state index contributed by atoms with van der Waals surface area (Å²) in [6, 6.07) is 5.10. The summed E-state index contributed by atoms with van der Waals surface area (Å²) in [7, 11) is 1.58. The monoisotopic (exact) mass is 258 g/mol. The van der Waals surface area contributed by atoms with Crippen molar-refractivity contribution >= 4 is 23.2 Å². The Hall–Kier alpha value is -1.30. The predicted molar refractivity (Wildman–Crippen MR) is 66.5 cm³/mol. The topological polar surface area (TPSA) is 73.6 Å². The second-order valence-corrected chi connectivity index (χ2v) is 3.62. The Kier molecular flexibility index (Phi) is 5.76. The minimum absolute atomic E-state index is 0.0932. The lowest BCUT2D eigenvalue weighted by Gasteiger charge is -2.13. The van der Waals surface area contributed by atoms with Gasteiger partial charge in [-0.05, 0) is 12.1 Å². The van der Waals surface area contributed by atoms with Gasteiger partial charge in [-0.15, -0.1) is 0 Å². The van der Waals surface area contributed by atoms with Gasteiger partial charge in [0.15, 0.2) is 5.75 Å². The highest BCUT2D eigenvalue weighted by Gasteiger charge is 2.10. The van der Waals surface area contributed by atoms with Gasteiger partial charge in [-0.25, -0.2) is 0 Å². The third kappa shape index (κ3) is 4.22. The molecule has 0 unspecified atom stereocenters. The fraction of sp³-hybridized carbons (Fsp3) is 0.364. The molecule has 0 atom stereocenters. The summed E-state index contributed by atoms with van der Waals surface area (Å²) in [5, 5.41) is 3.04. The van der Waals surface area contributed by atoms with Crippen LogP contribution in [-0.4, -0.2) is 32.8 Å². The zero-order valence-electron chi connectivity index (χ0n) is 9.53. The van der Waals surface area contributed by atoms with Crippen LogP contribution in [0.5, 0.6) is 5.75 Å². The molecule has 0 aliphatic rings. The molecule has 1 amide bonds. The molecule has 0 aromatic heterocycles. The molecule has 0 heterocycles. The molecule has 17 heavy (non-hydrogen) atoms. The number of carbonyl (C=O) groups is 1. The Morgan fingerprint density at radius 1 is 1.47 bits per heavy atom. The molecule has 0 aliphatic heterocycles. The molecule has 0 aliphatic carbocycles. The van der Waals surface area contributed by atoms with Crippen LogP contribution in [0.2, 0.25) is 5.02 Å². The van der Waals surface area contributed by atoms with Crippen molar-refractivity contribution in [3.05, 3.63) is 23.2 Å². The number of nitrogens with two attached hydrogens (primary N) is 1. The summed E-state index contributed by atoms with van der Waals surface area (Å²) in [5.74, 6) is 0.122. The van der Waals surface area contributed by atoms with Crippen LogP contribution in [0.1, 0.15) is 0 Å². The number of hydrogen-bond donors (Lipinski definition) is 2. The van der Waals surface area contributed by atoms with Crippen LogP contribution in [0, 0.1) is 0 Å². The fourth-order valence-electron chi connectivity index (χ4n) is 1.18. The van der Waals surface area contributed by atoms with Crippen LogP contribution in [-0.2, 0) is 9.53 Å². The summed E-state index contributed by atoms with van der Waals surface area (Å²) in [5.41, 5.74) is 5.73. The van der Waals surface area contributed by atoms with Gasteiger partial charge in [-0.2, -0.15) is 0 Å². The van der Waals surface area contributed by atoms with Crippen molar-refractivity contribution in [2.24, 2.45) is 5.73 Å². The van der Waals surface area contributed by atoms with Gasteiger partial charge in [-0.1, -0.05) is 17.7 Å². The molecule has 1 rings (SSSR count). The van der Waals surface area contributed by atoms with Gasteiger partial charge < -0.3 is 20.5 Å². The number of carbonyl (C=O) groups excluding carboxylic acids is 1. The smallest absolute Gasteiger partial charge is 0.238 e. The molecule has 0 saturated heterocycles. The Morgan fingerprint density at radius 3 is 2.88 bits per heavy atom. The van der Waals surface area contributed by atoms with Crippen LogP contribution in [0.15, 0.2) is 18.2 Å². The predicted octanol–water partition coefficient (Wildman–Crippen LogP) is 1.26. The Labute approximate surface area is 105 Å². The standard InChI is InChI=1S/C11H15ClN2O3/c1-16-5-6-17-11-8(12)3-2-4-9(11)14-10(15)7-13/h2-4H,5-7,13H2,1H3,(H,14,15). The van der Waals surface area contributed by atoms with Gasteiger partial charge in [0.2, 0.25) is 5.91 Å². The summed E-state index contributed by atoms with van der Waals surface area (Å²) in [6.07, 6.45) is 0. The average Bonchev–Trinajstić information content (AvgIpc) is 2.32. The minimum Gasteiger partial charge on any atom is -0.487 e. The normalized spacial score (nSPS) is 10.1. The number of benzene rings is 1. The molecule has 94 valence electrons. The van der Waals surface area contributed by atoms with Crippen molar-refractivity contribution in [3.8, 4) is 5.75 Å². The van der Waals surface area contributed by atoms with Crippen LogP contribution in [0.25, 0.3) is 0 Å². The van der Waals surface area contributed by atoms with Gasteiger partial charge in [-0.3, -0.25) is 4.79 Å². The van der Waals surface area contributed by atoms with Crippen molar-refractivity contribution < 1.29 is 14.3 Å². The number of halogens is 1. The van der Waals surface area contributed by atoms with Crippen molar-refractivity contribution in [3.63, 3.8) is 0 Å². The van der Waals surface area contributed by atoms with Gasteiger partial charge in [0.1, 0.15) is 6.61 Å². The highest BCUT2D eigenvalue weighted by molar-refractivity contribution is 6.32. The van der Waals surface area contributed by atoms with E-state index in [2.05, 4.69) is 5.32 Å². The summed E-state index contributed by atoms with van der Waals surface area (Å²) in [6.45, 7) is 0.700. The van der Waals surface area contributed by atoms with E-state index in [4.69, 9.17) is 26.8 Å². The number of rotatable bonds is 6. The molecule has 5 nitrogen and oxygen atoms in total. The zero-order valence-corrected chi connectivity index (χ0v) is 10.3. The Morgan fingerprint density at radius 2 is 2.24 bits per heavy atom. The van der Waals surface area contributed by atoms with E-state index < -0.39 is 0 Å². The van der Waals surface area contributed by atoms with Crippen molar-refractivity contribution in [1.29, 1.82) is 0 Å². The largest absolute Gasteiger partial charge is 0.487 e. The number of amides is 1. The van der Waals surface area contributed by atoms with Gasteiger partial charge in [0.25, 0.3) is 0 Å². The van der Waals surface area contributed by atoms with Gasteiger partial charge in [0, 0.05) is 7.11 Å². The molecule has 0 bridgehead atoms. The van der Waals surface area contributed by atoms with Crippen molar-refractivity contribution in [2.75, 3.05) is 32.2 Å². The molecule has 0 saturated carbocycles. The average molecular weight is 259 g/mol. The molecule has 3 N–H and O–H groups in total. The molecule has 1 aromatic carbocycles. The number of methoxy groups -OCH3 is 1. The quantitative estimate of drug-likeness (QED) is 0.754. The van der Waals surface area contributed by atoms with E-state index in [1.54, 1.807) is 25.3 Å². The van der Waals surface area contributed by atoms with E-state index in [1.807, 2.05) is 0 Å². The van der Waals surface area contributed by atoms with Crippen molar-refractivity contribution in [2.45, 2.75) is 0 Å². The van der Waals surface area contributed by atoms with E-state index in [9.17, 15) is 4.79 Å². The molecular formula is C11H15ClN2O3. The second-order valence-electron chi connectivity index (χ2n) is 3.21. The second kappa shape index (κ2) is 7.11. The number of hydrogen-bond acceptors (Lipinski definition) is 4. The number of nitrogens with one attached hydrogen (secondary N) is 1. The number of anilines is 1. The fourth-order valence-corrected chi connectivity index (χ4v) is 1.41. The minimum atomic E-state index is -0.302. The molecule has 0 spiro atoms. The number of ether oxygens (including phenoxy) is 2. The van der Waals surface area contributed by atoms with Crippen LogP contribution >= 0.6 is 11.6 Å². The zero-order chi connectivity index (χ0) is 12.7. The van der Waals surface area contributed by atoms with Crippen molar-refractivity contribution in [1.82, 2.24) is 0 Å². The summed E-state index contributed by atoms with van der Waals surface area (Å²) in [4.78, 5) is 11.2. The lowest BCUT2D eigenvalue weighted by atomic mass is 10.3. The third-order valence-electron chi connectivity index (χ3n) is 1.96. The molecule has 0 radical (unpaired) electrons. The van der Waals surface area contributed by atoms with Gasteiger partial charge >= 0.3 is 0 Å². The first-order chi connectivity index (χ1) is 8.19. The van der Waals surface area contributed by atoms with E-state index >= 15 is 0 Å². The van der Waals surface area contributed by atoms with Crippen LogP contribution < -0.4 is 15.8 Å². The Bertz CT molecular complexity index is 385. The molecular weight excluding hydrogens is 244 g/mol. The first-order valence-electron chi connectivity index (χ1n) is 5.09. The highest BCUT2D eigenvalue weighted by Crippen LogP contribution is 2.32. The Balaban J connectivity index is 2.80.